The van der Waals surface area contributed by atoms with Gasteiger partial charge in [-0.1, -0.05) is 0 Å². The molecule has 2 aliphatic rings. The van der Waals surface area contributed by atoms with Gasteiger partial charge < -0.3 is 58.7 Å². The third-order valence-electron chi connectivity index (χ3n) is 2.48. The second-order valence-electron chi connectivity index (χ2n) is 6.60. The van der Waals surface area contributed by atoms with Crippen molar-refractivity contribution in [3.05, 3.63) is 0 Å². The Kier molecular flexibility index (Phi) is 17.7. The standard InChI is InChI=1S/Na.2H6O18P6.H/c;2*1-19(2)13-20(3,4)15-22(7,8)17-24(11,12)18-23(9,10)16-21(5,6)14-19;/h;2*(H,1,2)(H,3,4)(H,5,6)(H,7,8)(H,9,10)(H,11,12);. The van der Waals surface area contributed by atoms with E-state index in [0.717, 1.165) is 0 Å². The first-order valence-electron chi connectivity index (χ1n) is 8.97. The summed E-state index contributed by atoms with van der Waals surface area (Å²) in [4.78, 5) is 107. The monoisotopic (exact) mass is 984 g/mol. The van der Waals surface area contributed by atoms with Crippen LogP contribution in [0, 0.1) is 0 Å². The molecule has 2 rings (SSSR count). The Bertz CT molecular complexity index is 1290. The van der Waals surface area contributed by atoms with E-state index in [2.05, 4.69) is 51.7 Å². The molecule has 290 valence electrons. The quantitative estimate of drug-likeness (QED) is 0.118. The molecule has 0 aliphatic carbocycles. The Morgan fingerprint density at radius 2 is 0.224 bits per heavy atom. The summed E-state index contributed by atoms with van der Waals surface area (Å²) in [5.41, 5.74) is 0. The van der Waals surface area contributed by atoms with Crippen molar-refractivity contribution in [1.82, 2.24) is 0 Å². The van der Waals surface area contributed by atoms with Crippen molar-refractivity contribution in [2.45, 2.75) is 0 Å². The van der Waals surface area contributed by atoms with E-state index in [1.807, 2.05) is 0 Å². The summed E-state index contributed by atoms with van der Waals surface area (Å²) < 4.78 is 174. The van der Waals surface area contributed by atoms with Crippen LogP contribution in [0.3, 0.4) is 0 Å². The molecular weight excluding hydrogens is 971 g/mol. The first-order valence-corrected chi connectivity index (χ1v) is 26.9. The van der Waals surface area contributed by atoms with E-state index in [1.165, 1.54) is 0 Å². The van der Waals surface area contributed by atoms with E-state index >= 15 is 0 Å². The molecule has 2 saturated heterocycles. The summed E-state index contributed by atoms with van der Waals surface area (Å²) in [5.74, 6) is 0. The zero-order chi connectivity index (χ0) is 38.5. The molecule has 0 bridgehead atoms. The molecule has 0 atom stereocenters. The van der Waals surface area contributed by atoms with Crippen molar-refractivity contribution in [3.63, 3.8) is 0 Å². The van der Waals surface area contributed by atoms with Crippen LogP contribution in [-0.2, 0) is 107 Å². The van der Waals surface area contributed by atoms with Gasteiger partial charge in [-0.25, -0.2) is 54.8 Å². The first kappa shape index (κ1) is 51.8. The van der Waals surface area contributed by atoms with Crippen LogP contribution in [0.1, 0.15) is 0 Å². The van der Waals surface area contributed by atoms with Crippen LogP contribution in [0.15, 0.2) is 0 Å². The Morgan fingerprint density at radius 1 is 0.184 bits per heavy atom. The SMILES string of the molecule is O=P1(O)OP(=O)(O)OP(=O)(O)OP(=O)(O)OP(=O)(O)OP(=O)(O)O1.O=P1(O)OP(=O)(O)OP(=O)(O)OP(=O)(O)OP(=O)(O)OP(=O)(O)O1.[NaH]. The fourth-order valence-electron chi connectivity index (χ4n) is 1.74. The van der Waals surface area contributed by atoms with Gasteiger partial charge in [0.15, 0.2) is 0 Å². The molecule has 0 unspecified atom stereocenters. The average molecular weight is 984 g/mol. The summed E-state index contributed by atoms with van der Waals surface area (Å²) >= 11 is 0. The molecule has 2 aliphatic heterocycles. The van der Waals surface area contributed by atoms with Gasteiger partial charge in [-0.3, -0.25) is 0 Å². The molecule has 49 heteroatoms. The van der Waals surface area contributed by atoms with E-state index in [1.54, 1.807) is 0 Å². The van der Waals surface area contributed by atoms with Gasteiger partial charge in [0, 0.05) is 0 Å². The van der Waals surface area contributed by atoms with E-state index in [4.69, 9.17) is 58.7 Å². The van der Waals surface area contributed by atoms with E-state index in [9.17, 15) is 54.8 Å². The minimum atomic E-state index is -6.11. The molecule has 0 aromatic heterocycles. The van der Waals surface area contributed by atoms with E-state index in [-0.39, 0.29) is 29.6 Å². The minimum absolute atomic E-state index is 0. The summed E-state index contributed by atoms with van der Waals surface area (Å²) in [5, 5.41) is 0. The van der Waals surface area contributed by atoms with Gasteiger partial charge in [0.25, 0.3) is 0 Å². The number of hydrogen-bond donors (Lipinski definition) is 12. The molecule has 2 heterocycles. The maximum absolute atomic E-state index is 11.2. The molecule has 49 heavy (non-hydrogen) atoms. The number of hydrogen-bond acceptors (Lipinski definition) is 24. The van der Waals surface area contributed by atoms with Gasteiger partial charge in [0.1, 0.15) is 0 Å². The fraction of sp³-hybridized carbons (Fsp3) is 0. The van der Waals surface area contributed by atoms with Gasteiger partial charge in [-0.05, 0) is 0 Å². The topological polar surface area (TPSA) is 558 Å². The van der Waals surface area contributed by atoms with Crippen LogP contribution >= 0.6 is 93.9 Å². The van der Waals surface area contributed by atoms with Crippen molar-refractivity contribution in [3.8, 4) is 0 Å². The summed E-state index contributed by atoms with van der Waals surface area (Å²) in [6, 6.07) is 0. The van der Waals surface area contributed by atoms with Gasteiger partial charge in [-0.2, -0.15) is 51.7 Å². The molecule has 2 fully saturated rings. The van der Waals surface area contributed by atoms with Crippen LogP contribution in [-0.4, -0.2) is 88.3 Å². The Balaban J connectivity index is 0.000000922. The van der Waals surface area contributed by atoms with Crippen molar-refractivity contribution in [2.24, 2.45) is 0 Å². The van der Waals surface area contributed by atoms with E-state index in [0.29, 0.717) is 0 Å². The zero-order valence-corrected chi connectivity index (χ0v) is 31.3. The Labute approximate surface area is 287 Å². The molecule has 12 N–H and O–H groups in total. The molecule has 0 spiro atoms. The predicted molar refractivity (Wildman–Crippen MR) is 138 cm³/mol. The van der Waals surface area contributed by atoms with Crippen LogP contribution in [0.5, 0.6) is 0 Å². The fourth-order valence-corrected chi connectivity index (χ4v) is 18.9. The van der Waals surface area contributed by atoms with Crippen molar-refractivity contribution >= 4 is 123 Å². The predicted octanol–water partition coefficient (Wildman–Crippen LogP) is 0.756. The van der Waals surface area contributed by atoms with Crippen LogP contribution in [0.25, 0.3) is 0 Å². The number of rotatable bonds is 0. The summed E-state index contributed by atoms with van der Waals surface area (Å²) in [6.07, 6.45) is 0. The molecule has 0 aromatic carbocycles. The maximum atomic E-state index is 11.2. The van der Waals surface area contributed by atoms with Crippen LogP contribution in [0.4, 0.5) is 0 Å². The molecule has 0 aromatic rings. The molecule has 36 nitrogen and oxygen atoms in total. The zero-order valence-electron chi connectivity index (χ0n) is 20.5. The van der Waals surface area contributed by atoms with E-state index < -0.39 is 93.9 Å². The third kappa shape index (κ3) is 21.6. The molecular formula is H13NaO36P12. The summed E-state index contributed by atoms with van der Waals surface area (Å²) in [6.45, 7) is 0. The van der Waals surface area contributed by atoms with Crippen LogP contribution < -0.4 is 0 Å². The molecule has 0 amide bonds. The Morgan fingerprint density at radius 3 is 0.265 bits per heavy atom. The third-order valence-corrected chi connectivity index (χ3v) is 22.3. The van der Waals surface area contributed by atoms with Gasteiger partial charge in [0.05, 0.1) is 0 Å². The summed E-state index contributed by atoms with van der Waals surface area (Å²) in [7, 11) is -73.3. The van der Waals surface area contributed by atoms with Gasteiger partial charge in [-0.15, -0.1) is 0 Å². The second kappa shape index (κ2) is 16.7. The number of phosphoric acid groups is 12. The van der Waals surface area contributed by atoms with Crippen LogP contribution in [0.2, 0.25) is 0 Å². The van der Waals surface area contributed by atoms with Crippen molar-refractivity contribution < 1.29 is 165 Å². The normalized spacial score (nSPS) is 54.1. The van der Waals surface area contributed by atoms with Crippen molar-refractivity contribution in [2.75, 3.05) is 0 Å². The Hall–Kier alpha value is 2.80. The van der Waals surface area contributed by atoms with Crippen molar-refractivity contribution in [1.29, 1.82) is 0 Å². The van der Waals surface area contributed by atoms with Gasteiger partial charge in [0.2, 0.25) is 0 Å². The second-order valence-corrected chi connectivity index (χ2v) is 25.7. The van der Waals surface area contributed by atoms with Gasteiger partial charge >= 0.3 is 123 Å². The average Bonchev–Trinajstić information content (AvgIpc) is 2.52. The molecule has 0 radical (unpaired) electrons. The first-order chi connectivity index (χ1) is 20.5. The molecule has 0 saturated carbocycles.